The number of carboxylic acid groups (broad SMARTS) is 1. The number of esters is 3. The number of carbonyl (C=O) groups is 4. The molecule has 12 nitrogen and oxygen atoms in total. The zero-order valence-corrected chi connectivity index (χ0v) is 47.9. The molecule has 436 valence electrons. The molecule has 1 heterocycles. The van der Waals surface area contributed by atoms with E-state index in [-0.39, 0.29) is 25.9 Å². The summed E-state index contributed by atoms with van der Waals surface area (Å²) in [5, 5.41) is 31.5. The molecule has 0 aromatic heterocycles. The first-order chi connectivity index (χ1) is 37.6. The van der Waals surface area contributed by atoms with E-state index >= 15 is 0 Å². The highest BCUT2D eigenvalue weighted by atomic mass is 16.7. The van der Waals surface area contributed by atoms with Crippen LogP contribution < -0.4 is 0 Å². The van der Waals surface area contributed by atoms with Gasteiger partial charge in [-0.2, -0.15) is 0 Å². The lowest BCUT2D eigenvalue weighted by Gasteiger charge is -2.40. The zero-order chi connectivity index (χ0) is 56.1. The quantitative estimate of drug-likeness (QED) is 0.0228. The van der Waals surface area contributed by atoms with Crippen molar-refractivity contribution < 1.29 is 58.2 Å². The minimum absolute atomic E-state index is 0.0725. The first-order valence-corrected chi connectivity index (χ1v) is 29.9. The summed E-state index contributed by atoms with van der Waals surface area (Å²) in [6, 6.07) is 0. The number of hydrogen-bond acceptors (Lipinski definition) is 11. The van der Waals surface area contributed by atoms with Gasteiger partial charge in [-0.25, -0.2) is 4.79 Å². The lowest BCUT2D eigenvalue weighted by atomic mass is 9.98. The molecule has 0 bridgehead atoms. The molecule has 1 aliphatic rings. The van der Waals surface area contributed by atoms with E-state index in [9.17, 15) is 34.5 Å². The standard InChI is InChI=1S/C65H104O12/c1-4-7-10-13-16-19-22-25-27-28-29-30-32-35-38-41-44-47-50-53-59(68)76-63-61(70)60(69)62(64(71)72)77-65(63)74-55-56(75-58(67)52-49-46-43-40-37-33-24-21-18-15-12-9-6-3)54-73-57(66)51-48-45-42-39-36-34-31-26-23-20-17-14-11-8-5-2/h7,9-10,12,16,18-19,21,25,27,29-30,33,35,37-38,44,47,56,60-63,65,69-70H,4-6,8,11,13-15,17,20,22-24,26,28,31-32,34,36,39-43,45-46,48-55H2,1-3H3,(H,71,72)/b10-7-,12-9-,19-16-,21-18-,27-25-,30-29-,37-33-,38-35-,47-44-. The molecule has 77 heavy (non-hydrogen) atoms. The summed E-state index contributed by atoms with van der Waals surface area (Å²) < 4.78 is 28.3. The number of rotatable bonds is 49. The molecule has 0 saturated carbocycles. The van der Waals surface area contributed by atoms with Crippen molar-refractivity contribution >= 4 is 23.9 Å². The summed E-state index contributed by atoms with van der Waals surface area (Å²) in [6.07, 6.45) is 57.9. The van der Waals surface area contributed by atoms with Crippen LogP contribution in [0.25, 0.3) is 0 Å². The summed E-state index contributed by atoms with van der Waals surface area (Å²) in [4.78, 5) is 51.1. The van der Waals surface area contributed by atoms with Gasteiger partial charge in [0.15, 0.2) is 24.6 Å². The molecule has 1 rings (SSSR count). The van der Waals surface area contributed by atoms with E-state index < -0.39 is 67.3 Å². The topological polar surface area (TPSA) is 175 Å². The third kappa shape index (κ3) is 42.1. The minimum Gasteiger partial charge on any atom is -0.479 e. The second-order valence-corrected chi connectivity index (χ2v) is 19.9. The predicted octanol–water partition coefficient (Wildman–Crippen LogP) is 15.4. The van der Waals surface area contributed by atoms with E-state index in [1.165, 1.54) is 70.6 Å². The summed E-state index contributed by atoms with van der Waals surface area (Å²) in [5.41, 5.74) is 0. The Balaban J connectivity index is 2.74. The molecule has 0 amide bonds. The van der Waals surface area contributed by atoms with Gasteiger partial charge in [0.1, 0.15) is 18.8 Å². The van der Waals surface area contributed by atoms with Gasteiger partial charge in [-0.15, -0.1) is 0 Å². The number of allylic oxidation sites excluding steroid dienone is 18. The number of aliphatic hydroxyl groups excluding tert-OH is 2. The molecule has 1 aliphatic heterocycles. The molecule has 1 fully saturated rings. The fraction of sp³-hybridized carbons (Fsp3) is 0.662. The van der Waals surface area contributed by atoms with Gasteiger partial charge in [0.2, 0.25) is 0 Å². The average Bonchev–Trinajstić information content (AvgIpc) is 3.42. The van der Waals surface area contributed by atoms with Crippen LogP contribution in [0, 0.1) is 0 Å². The van der Waals surface area contributed by atoms with Crippen molar-refractivity contribution in [3.63, 3.8) is 0 Å². The Kier molecular flexibility index (Phi) is 47.6. The van der Waals surface area contributed by atoms with Crippen LogP contribution in [-0.2, 0) is 42.9 Å². The molecular weight excluding hydrogens is 973 g/mol. The molecular formula is C65H104O12. The third-order valence-corrected chi connectivity index (χ3v) is 12.9. The Morgan fingerprint density at radius 3 is 1.30 bits per heavy atom. The second-order valence-electron chi connectivity index (χ2n) is 19.9. The Morgan fingerprint density at radius 1 is 0.442 bits per heavy atom. The lowest BCUT2D eigenvalue weighted by molar-refractivity contribution is -0.301. The highest BCUT2D eigenvalue weighted by Gasteiger charge is 2.50. The van der Waals surface area contributed by atoms with E-state index in [4.69, 9.17) is 23.7 Å². The van der Waals surface area contributed by atoms with Crippen LogP contribution >= 0.6 is 0 Å². The van der Waals surface area contributed by atoms with Gasteiger partial charge in [0, 0.05) is 19.3 Å². The highest BCUT2D eigenvalue weighted by Crippen LogP contribution is 2.26. The summed E-state index contributed by atoms with van der Waals surface area (Å²) in [5.74, 6) is -3.28. The van der Waals surface area contributed by atoms with E-state index in [2.05, 4.69) is 112 Å². The average molecular weight is 1080 g/mol. The molecule has 3 N–H and O–H groups in total. The van der Waals surface area contributed by atoms with Crippen molar-refractivity contribution in [2.45, 2.75) is 263 Å². The first-order valence-electron chi connectivity index (χ1n) is 29.9. The van der Waals surface area contributed by atoms with Gasteiger partial charge in [-0.3, -0.25) is 14.4 Å². The Labute approximate surface area is 465 Å². The molecule has 12 heteroatoms. The second kappa shape index (κ2) is 52.1. The Bertz CT molecular complexity index is 1750. The zero-order valence-electron chi connectivity index (χ0n) is 47.9. The van der Waals surface area contributed by atoms with E-state index in [1.54, 1.807) is 0 Å². The number of carboxylic acids is 1. The SMILES string of the molecule is CC/C=C\C/C=C\C/C=C\C/C=C\C/C=C\C/C=C\CCC(=O)OC1C(OCC(COC(=O)CCCCCCCCCCCCCCCCC)OC(=O)CCCCC/C=C\C/C=C\C/C=C\CC)OC(C(=O)O)C(O)C1O. The van der Waals surface area contributed by atoms with Gasteiger partial charge in [-0.1, -0.05) is 226 Å². The fourth-order valence-electron chi connectivity index (χ4n) is 8.35. The molecule has 6 unspecified atom stereocenters. The van der Waals surface area contributed by atoms with Crippen LogP contribution in [0.2, 0.25) is 0 Å². The monoisotopic (exact) mass is 1080 g/mol. The maximum atomic E-state index is 13.1. The molecule has 0 aromatic carbocycles. The molecule has 0 spiro atoms. The minimum atomic E-state index is -1.94. The smallest absolute Gasteiger partial charge is 0.335 e. The number of aliphatic hydroxyl groups is 2. The molecule has 0 radical (unpaired) electrons. The maximum absolute atomic E-state index is 13.1. The number of unbranched alkanes of at least 4 members (excludes halogenated alkanes) is 17. The molecule has 6 atom stereocenters. The van der Waals surface area contributed by atoms with Crippen LogP contribution in [0.4, 0.5) is 0 Å². The number of aliphatic carboxylic acids is 1. The van der Waals surface area contributed by atoms with Crippen molar-refractivity contribution in [3.05, 3.63) is 109 Å². The van der Waals surface area contributed by atoms with Gasteiger partial charge in [-0.05, 0) is 89.9 Å². The Hall–Kier alpha value is -4.62. The third-order valence-electron chi connectivity index (χ3n) is 12.9. The normalized spacial score (nSPS) is 18.8. The van der Waals surface area contributed by atoms with Crippen LogP contribution in [0.5, 0.6) is 0 Å². The molecule has 0 aromatic rings. The van der Waals surface area contributed by atoms with Crippen LogP contribution in [-0.4, -0.2) is 89.2 Å². The Morgan fingerprint density at radius 2 is 0.844 bits per heavy atom. The van der Waals surface area contributed by atoms with E-state index in [0.29, 0.717) is 25.7 Å². The van der Waals surface area contributed by atoms with Crippen molar-refractivity contribution in [3.8, 4) is 0 Å². The highest BCUT2D eigenvalue weighted by molar-refractivity contribution is 5.74. The summed E-state index contributed by atoms with van der Waals surface area (Å²) >= 11 is 0. The summed E-state index contributed by atoms with van der Waals surface area (Å²) in [7, 11) is 0. The summed E-state index contributed by atoms with van der Waals surface area (Å²) in [6.45, 7) is 5.71. The molecule has 0 aliphatic carbocycles. The van der Waals surface area contributed by atoms with Gasteiger partial charge in [0.05, 0.1) is 6.61 Å². The van der Waals surface area contributed by atoms with Crippen LogP contribution in [0.1, 0.15) is 226 Å². The van der Waals surface area contributed by atoms with Gasteiger partial charge in [0.25, 0.3) is 0 Å². The van der Waals surface area contributed by atoms with Gasteiger partial charge < -0.3 is 39.0 Å². The van der Waals surface area contributed by atoms with Crippen molar-refractivity contribution in [2.24, 2.45) is 0 Å². The molecule has 1 saturated heterocycles. The van der Waals surface area contributed by atoms with Crippen molar-refractivity contribution in [1.82, 2.24) is 0 Å². The van der Waals surface area contributed by atoms with Crippen LogP contribution in [0.3, 0.4) is 0 Å². The van der Waals surface area contributed by atoms with Gasteiger partial charge >= 0.3 is 23.9 Å². The van der Waals surface area contributed by atoms with E-state index in [0.717, 1.165) is 89.9 Å². The number of carbonyl (C=O) groups excluding carboxylic acids is 3. The maximum Gasteiger partial charge on any atom is 0.335 e. The van der Waals surface area contributed by atoms with E-state index in [1.807, 2.05) is 18.2 Å². The number of hydrogen-bond donors (Lipinski definition) is 3. The fourth-order valence-corrected chi connectivity index (χ4v) is 8.35. The first kappa shape index (κ1) is 70.4. The van der Waals surface area contributed by atoms with Crippen molar-refractivity contribution in [2.75, 3.05) is 13.2 Å². The largest absolute Gasteiger partial charge is 0.479 e. The predicted molar refractivity (Wildman–Crippen MR) is 312 cm³/mol. The van der Waals surface area contributed by atoms with Crippen molar-refractivity contribution in [1.29, 1.82) is 0 Å². The number of ether oxygens (including phenoxy) is 5. The van der Waals surface area contributed by atoms with Crippen LogP contribution in [0.15, 0.2) is 109 Å². The lowest BCUT2D eigenvalue weighted by Crippen LogP contribution is -2.61.